The number of nitrogens with zero attached hydrogens (tertiary/aromatic N) is 1. The van der Waals surface area contributed by atoms with Gasteiger partial charge in [0.15, 0.2) is 0 Å². The van der Waals surface area contributed by atoms with Gasteiger partial charge in [-0.2, -0.15) is 0 Å². The summed E-state index contributed by atoms with van der Waals surface area (Å²) in [4.78, 5) is 2.16. The molecular formula is C8H18N2O2S. The Balaban J connectivity index is 2.52. The van der Waals surface area contributed by atoms with Crippen LogP contribution < -0.4 is 4.72 Å². The van der Waals surface area contributed by atoms with Crippen molar-refractivity contribution < 1.29 is 8.42 Å². The molecule has 1 saturated heterocycles. The molecule has 1 heterocycles. The Kier molecular flexibility index (Phi) is 2.71. The van der Waals surface area contributed by atoms with Crippen molar-refractivity contribution in [2.24, 2.45) is 0 Å². The van der Waals surface area contributed by atoms with Crippen LogP contribution in [0.1, 0.15) is 20.8 Å². The number of likely N-dealkylation sites (tertiary alicyclic amines) is 1. The van der Waals surface area contributed by atoms with Gasteiger partial charge in [0, 0.05) is 18.6 Å². The van der Waals surface area contributed by atoms with Crippen molar-refractivity contribution in [2.45, 2.75) is 31.6 Å². The van der Waals surface area contributed by atoms with E-state index in [1.807, 2.05) is 0 Å². The Morgan fingerprint density at radius 3 is 2.08 bits per heavy atom. The van der Waals surface area contributed by atoms with Gasteiger partial charge < -0.3 is 0 Å². The van der Waals surface area contributed by atoms with E-state index in [0.717, 1.165) is 0 Å². The summed E-state index contributed by atoms with van der Waals surface area (Å²) in [6, 6.07) is 0. The van der Waals surface area contributed by atoms with Crippen molar-refractivity contribution in [3.63, 3.8) is 0 Å². The molecule has 1 N–H and O–H groups in total. The molecule has 1 aliphatic rings. The minimum atomic E-state index is -3.05. The van der Waals surface area contributed by atoms with Gasteiger partial charge in [-0.25, -0.2) is 13.1 Å². The van der Waals surface area contributed by atoms with Crippen LogP contribution in [-0.2, 0) is 10.0 Å². The average molecular weight is 206 g/mol. The lowest BCUT2D eigenvalue weighted by molar-refractivity contribution is 0.0721. The van der Waals surface area contributed by atoms with Gasteiger partial charge in [0.2, 0.25) is 10.0 Å². The van der Waals surface area contributed by atoms with Crippen molar-refractivity contribution >= 4 is 10.0 Å². The van der Waals surface area contributed by atoms with E-state index in [9.17, 15) is 8.42 Å². The Bertz CT molecular complexity index is 273. The highest BCUT2D eigenvalue weighted by Crippen LogP contribution is 2.24. The number of sulfonamides is 1. The lowest BCUT2D eigenvalue weighted by Crippen LogP contribution is -2.62. The Labute approximate surface area is 80.4 Å². The molecule has 1 fully saturated rings. The lowest BCUT2D eigenvalue weighted by atomic mass is 10.0. The SMILES string of the molecule is CNS(=O)(=O)C1CN(C(C)(C)C)C1. The number of hydrogen-bond acceptors (Lipinski definition) is 3. The van der Waals surface area contributed by atoms with E-state index in [0.29, 0.717) is 13.1 Å². The fourth-order valence-electron chi connectivity index (χ4n) is 1.35. The molecule has 13 heavy (non-hydrogen) atoms. The first kappa shape index (κ1) is 10.9. The highest BCUT2D eigenvalue weighted by Gasteiger charge is 2.40. The summed E-state index contributed by atoms with van der Waals surface area (Å²) >= 11 is 0. The number of nitrogens with one attached hydrogen (secondary N) is 1. The summed E-state index contributed by atoms with van der Waals surface area (Å²) in [5.41, 5.74) is 0.0831. The van der Waals surface area contributed by atoms with Crippen molar-refractivity contribution in [1.29, 1.82) is 0 Å². The van der Waals surface area contributed by atoms with Crippen LogP contribution in [0.25, 0.3) is 0 Å². The van der Waals surface area contributed by atoms with Gasteiger partial charge >= 0.3 is 0 Å². The van der Waals surface area contributed by atoms with E-state index in [1.54, 1.807) is 0 Å². The maximum atomic E-state index is 11.3. The Morgan fingerprint density at radius 1 is 1.31 bits per heavy atom. The van der Waals surface area contributed by atoms with E-state index in [4.69, 9.17) is 0 Å². The standard InChI is InChI=1S/C8H18N2O2S/c1-8(2,3)10-5-7(6-10)13(11,12)9-4/h7,9H,5-6H2,1-4H3. The third kappa shape index (κ3) is 2.21. The van der Waals surface area contributed by atoms with Gasteiger partial charge in [0.05, 0.1) is 0 Å². The number of rotatable bonds is 2. The summed E-state index contributed by atoms with van der Waals surface area (Å²) in [6.07, 6.45) is 0. The first-order chi connectivity index (χ1) is 5.77. The third-order valence-electron chi connectivity index (χ3n) is 2.52. The van der Waals surface area contributed by atoms with Crippen LogP contribution in [0.5, 0.6) is 0 Å². The molecule has 1 aliphatic heterocycles. The highest BCUT2D eigenvalue weighted by molar-refractivity contribution is 7.90. The van der Waals surface area contributed by atoms with Gasteiger partial charge in [-0.3, -0.25) is 4.90 Å². The number of hydrogen-bond donors (Lipinski definition) is 1. The van der Waals surface area contributed by atoms with Gasteiger partial charge in [-0.15, -0.1) is 0 Å². The minimum Gasteiger partial charge on any atom is -0.296 e. The Morgan fingerprint density at radius 2 is 1.77 bits per heavy atom. The maximum Gasteiger partial charge on any atom is 0.216 e. The third-order valence-corrected chi connectivity index (χ3v) is 4.26. The molecule has 0 aromatic rings. The summed E-state index contributed by atoms with van der Waals surface area (Å²) in [5, 5.41) is -0.225. The van der Waals surface area contributed by atoms with Crippen molar-refractivity contribution in [3.8, 4) is 0 Å². The molecule has 78 valence electrons. The van der Waals surface area contributed by atoms with E-state index >= 15 is 0 Å². The summed E-state index contributed by atoms with van der Waals surface area (Å²) in [7, 11) is -1.58. The maximum absolute atomic E-state index is 11.3. The summed E-state index contributed by atoms with van der Waals surface area (Å²) in [6.45, 7) is 7.57. The molecule has 0 unspecified atom stereocenters. The molecule has 0 bridgehead atoms. The van der Waals surface area contributed by atoms with Gasteiger partial charge in [0.1, 0.15) is 5.25 Å². The van der Waals surface area contributed by atoms with E-state index in [2.05, 4.69) is 30.4 Å². The van der Waals surface area contributed by atoms with E-state index in [1.165, 1.54) is 7.05 Å². The van der Waals surface area contributed by atoms with Crippen LogP contribution in [-0.4, -0.2) is 44.2 Å². The van der Waals surface area contributed by atoms with E-state index in [-0.39, 0.29) is 10.8 Å². The fourth-order valence-corrected chi connectivity index (χ4v) is 2.43. The minimum absolute atomic E-state index is 0.0831. The average Bonchev–Trinajstić information content (AvgIpc) is 1.79. The zero-order chi connectivity index (χ0) is 10.3. The molecule has 0 aromatic carbocycles. The second-order valence-electron chi connectivity index (χ2n) is 4.45. The molecular weight excluding hydrogens is 188 g/mol. The zero-order valence-corrected chi connectivity index (χ0v) is 9.48. The Hall–Kier alpha value is -0.130. The molecule has 0 radical (unpaired) electrons. The van der Waals surface area contributed by atoms with Gasteiger partial charge in [0.25, 0.3) is 0 Å². The van der Waals surface area contributed by atoms with Gasteiger partial charge in [-0.1, -0.05) is 0 Å². The molecule has 0 atom stereocenters. The quantitative estimate of drug-likeness (QED) is 0.693. The predicted octanol–water partition coefficient (Wildman–Crippen LogP) is 0.0183. The van der Waals surface area contributed by atoms with Crippen LogP contribution in [0.2, 0.25) is 0 Å². The largest absolute Gasteiger partial charge is 0.296 e. The summed E-state index contributed by atoms with van der Waals surface area (Å²) in [5.74, 6) is 0. The topological polar surface area (TPSA) is 49.4 Å². The van der Waals surface area contributed by atoms with Gasteiger partial charge in [-0.05, 0) is 27.8 Å². The van der Waals surface area contributed by atoms with Crippen molar-refractivity contribution in [1.82, 2.24) is 9.62 Å². The van der Waals surface area contributed by atoms with Crippen LogP contribution >= 0.6 is 0 Å². The monoisotopic (exact) mass is 206 g/mol. The molecule has 1 rings (SSSR count). The first-order valence-corrected chi connectivity index (χ1v) is 5.99. The lowest BCUT2D eigenvalue weighted by Gasteiger charge is -2.46. The zero-order valence-electron chi connectivity index (χ0n) is 8.66. The molecule has 0 spiro atoms. The molecule has 0 saturated carbocycles. The highest BCUT2D eigenvalue weighted by atomic mass is 32.2. The van der Waals surface area contributed by atoms with Crippen LogP contribution in [0.3, 0.4) is 0 Å². The smallest absolute Gasteiger partial charge is 0.216 e. The van der Waals surface area contributed by atoms with Crippen LogP contribution in [0, 0.1) is 0 Å². The fraction of sp³-hybridized carbons (Fsp3) is 1.00. The summed E-state index contributed by atoms with van der Waals surface area (Å²) < 4.78 is 25.0. The van der Waals surface area contributed by atoms with E-state index < -0.39 is 10.0 Å². The molecule has 0 aliphatic carbocycles. The molecule has 4 nitrogen and oxygen atoms in total. The van der Waals surface area contributed by atoms with Crippen LogP contribution in [0.15, 0.2) is 0 Å². The van der Waals surface area contributed by atoms with Crippen LogP contribution in [0.4, 0.5) is 0 Å². The molecule has 0 aromatic heterocycles. The molecule has 0 amide bonds. The molecule has 5 heteroatoms. The normalized spacial score (nSPS) is 21.5. The predicted molar refractivity (Wildman–Crippen MR) is 53.1 cm³/mol. The first-order valence-electron chi connectivity index (χ1n) is 4.45. The second-order valence-corrected chi connectivity index (χ2v) is 6.61. The van der Waals surface area contributed by atoms with Crippen molar-refractivity contribution in [2.75, 3.05) is 20.1 Å². The second kappa shape index (κ2) is 3.22. The van der Waals surface area contributed by atoms with Crippen molar-refractivity contribution in [3.05, 3.63) is 0 Å².